The lowest BCUT2D eigenvalue weighted by atomic mass is 10.1. The van der Waals surface area contributed by atoms with E-state index in [1.165, 1.54) is 0 Å². The van der Waals surface area contributed by atoms with Crippen LogP contribution in [0.25, 0.3) is 0 Å². The molecule has 0 atom stereocenters. The van der Waals surface area contributed by atoms with Crippen molar-refractivity contribution in [2.75, 3.05) is 5.32 Å². The van der Waals surface area contributed by atoms with Gasteiger partial charge in [-0.25, -0.2) is 0 Å². The Morgan fingerprint density at radius 2 is 2.17 bits per heavy atom. The molecule has 1 aromatic heterocycles. The van der Waals surface area contributed by atoms with E-state index in [1.807, 2.05) is 31.3 Å². The molecule has 0 amide bonds. The molecule has 2 N–H and O–H groups in total. The van der Waals surface area contributed by atoms with Crippen LogP contribution in [0.3, 0.4) is 0 Å². The molecule has 0 saturated heterocycles. The van der Waals surface area contributed by atoms with E-state index in [0.717, 1.165) is 16.9 Å². The number of benzene rings is 1. The molecule has 0 aliphatic carbocycles. The number of hydrogen-bond acceptors (Lipinski definition) is 4. The first-order valence-corrected chi connectivity index (χ1v) is 6.46. The van der Waals surface area contributed by atoms with E-state index < -0.39 is 10.5 Å². The maximum absolute atomic E-state index is 10.5. The first kappa shape index (κ1) is 12.4. The number of aromatic amines is 1. The summed E-state index contributed by atoms with van der Waals surface area (Å²) in [5.74, 6) is 0.921. The Kier molecular flexibility index (Phi) is 3.78. The van der Waals surface area contributed by atoms with Crippen molar-refractivity contribution in [3.05, 3.63) is 47.7 Å². The predicted molar refractivity (Wildman–Crippen MR) is 70.3 cm³/mol. The minimum atomic E-state index is -2.42. The topological polar surface area (TPSA) is 74.3 Å². The van der Waals surface area contributed by atoms with Crippen molar-refractivity contribution in [2.24, 2.45) is 4.36 Å². The van der Waals surface area contributed by atoms with Gasteiger partial charge in [-0.1, -0.05) is 6.07 Å². The Labute approximate surface area is 107 Å². The quantitative estimate of drug-likeness (QED) is 0.890. The Morgan fingerprint density at radius 3 is 2.83 bits per heavy atom. The Bertz CT molecular complexity index is 653. The summed E-state index contributed by atoms with van der Waals surface area (Å²) in [6.45, 7) is 2.59. The number of H-pyrrole nitrogens is 1. The van der Waals surface area contributed by atoms with Gasteiger partial charge in [-0.3, -0.25) is 0 Å². The van der Waals surface area contributed by atoms with Gasteiger partial charge in [0.1, 0.15) is 5.82 Å². The average Bonchev–Trinajstić information content (AvgIpc) is 2.82. The zero-order valence-electron chi connectivity index (χ0n) is 9.84. The van der Waals surface area contributed by atoms with Gasteiger partial charge in [0.2, 0.25) is 0 Å². The molecule has 5 nitrogen and oxygen atoms in total. The fourth-order valence-electron chi connectivity index (χ4n) is 1.62. The smallest absolute Gasteiger partial charge is 0.316 e. The summed E-state index contributed by atoms with van der Waals surface area (Å²) < 4.78 is 24.5. The van der Waals surface area contributed by atoms with Crippen molar-refractivity contribution in [1.29, 1.82) is 0 Å². The van der Waals surface area contributed by atoms with Gasteiger partial charge >= 0.3 is 10.5 Å². The summed E-state index contributed by atoms with van der Waals surface area (Å²) in [4.78, 5) is 3.04. The van der Waals surface area contributed by atoms with E-state index in [-0.39, 0.29) is 0 Å². The second-order valence-corrected chi connectivity index (χ2v) is 4.47. The van der Waals surface area contributed by atoms with Gasteiger partial charge in [0.15, 0.2) is 0 Å². The number of anilines is 1. The Morgan fingerprint density at radius 1 is 1.33 bits per heavy atom. The normalized spacial score (nSPS) is 10.1. The molecule has 0 aliphatic heterocycles. The van der Waals surface area contributed by atoms with Gasteiger partial charge in [-0.2, -0.15) is 8.42 Å². The van der Waals surface area contributed by atoms with Crippen LogP contribution in [0.2, 0.25) is 0 Å². The molecule has 0 fully saturated rings. The summed E-state index contributed by atoms with van der Waals surface area (Å²) in [5.41, 5.74) is 2.54. The molecule has 1 heterocycles. The van der Waals surface area contributed by atoms with Crippen LogP contribution < -0.4 is 5.32 Å². The summed E-state index contributed by atoms with van der Waals surface area (Å²) >= 11 is 0. The van der Waals surface area contributed by atoms with Gasteiger partial charge in [-0.15, -0.1) is 4.36 Å². The number of aromatic nitrogens is 1. The number of aryl methyl sites for hydroxylation is 1. The number of nitrogens with zero attached hydrogens (tertiary/aromatic N) is 1. The molecule has 6 heteroatoms. The standard InChI is InChI=1S/C12H13N3O2S/c1-9-4-5-11(15-18(16)17)7-10(9)8-14-12-3-2-6-13-12/h2-7,13-14H,8H2,1H3. The highest BCUT2D eigenvalue weighted by Crippen LogP contribution is 2.18. The summed E-state index contributed by atoms with van der Waals surface area (Å²) in [6, 6.07) is 9.14. The van der Waals surface area contributed by atoms with E-state index >= 15 is 0 Å². The fraction of sp³-hybridized carbons (Fsp3) is 0.167. The molecule has 0 bridgehead atoms. The second-order valence-electron chi connectivity index (χ2n) is 3.86. The van der Waals surface area contributed by atoms with Gasteiger partial charge in [0, 0.05) is 12.7 Å². The van der Waals surface area contributed by atoms with Crippen molar-refractivity contribution in [3.63, 3.8) is 0 Å². The minimum absolute atomic E-state index is 0.442. The average molecular weight is 263 g/mol. The lowest BCUT2D eigenvalue weighted by Crippen LogP contribution is -2.01. The van der Waals surface area contributed by atoms with Crippen LogP contribution in [0.4, 0.5) is 11.5 Å². The zero-order chi connectivity index (χ0) is 13.0. The van der Waals surface area contributed by atoms with E-state index in [0.29, 0.717) is 12.2 Å². The molecule has 94 valence electrons. The maximum Gasteiger partial charge on any atom is 0.316 e. The second kappa shape index (κ2) is 5.50. The highest BCUT2D eigenvalue weighted by atomic mass is 32.2. The Balaban J connectivity index is 2.18. The monoisotopic (exact) mass is 263 g/mol. The zero-order valence-corrected chi connectivity index (χ0v) is 10.7. The van der Waals surface area contributed by atoms with Crippen molar-refractivity contribution in [2.45, 2.75) is 13.5 Å². The van der Waals surface area contributed by atoms with Crippen molar-refractivity contribution in [3.8, 4) is 0 Å². The van der Waals surface area contributed by atoms with Gasteiger partial charge < -0.3 is 10.3 Å². The molecule has 2 aromatic rings. The van der Waals surface area contributed by atoms with E-state index in [9.17, 15) is 8.42 Å². The highest BCUT2D eigenvalue weighted by Gasteiger charge is 2.01. The lowest BCUT2D eigenvalue weighted by molar-refractivity contribution is 0.622. The van der Waals surface area contributed by atoms with E-state index in [4.69, 9.17) is 0 Å². The predicted octanol–water partition coefficient (Wildman–Crippen LogP) is 2.63. The third-order valence-corrected chi connectivity index (χ3v) is 2.94. The van der Waals surface area contributed by atoms with Crippen LogP contribution in [0.15, 0.2) is 40.9 Å². The fourth-order valence-corrected chi connectivity index (χ4v) is 1.91. The number of rotatable bonds is 4. The molecule has 0 saturated carbocycles. The van der Waals surface area contributed by atoms with Gasteiger partial charge in [0.25, 0.3) is 0 Å². The molecule has 2 rings (SSSR count). The minimum Gasteiger partial charge on any atom is -0.368 e. The first-order valence-electron chi connectivity index (χ1n) is 5.43. The molecular weight excluding hydrogens is 250 g/mol. The van der Waals surface area contributed by atoms with Crippen molar-refractivity contribution in [1.82, 2.24) is 4.98 Å². The van der Waals surface area contributed by atoms with E-state index in [1.54, 1.807) is 12.1 Å². The number of hydrogen-bond donors (Lipinski definition) is 2. The molecule has 18 heavy (non-hydrogen) atoms. The number of nitrogens with one attached hydrogen (secondary N) is 2. The third kappa shape index (κ3) is 3.21. The molecular formula is C12H13N3O2S. The SMILES string of the molecule is Cc1ccc(N=S(=O)=O)cc1CNc1ccc[nH]1. The summed E-state index contributed by atoms with van der Waals surface area (Å²) in [6.07, 6.45) is 1.83. The molecule has 1 aromatic carbocycles. The third-order valence-electron chi connectivity index (χ3n) is 2.58. The highest BCUT2D eigenvalue weighted by molar-refractivity contribution is 7.61. The van der Waals surface area contributed by atoms with Crippen LogP contribution in [-0.2, 0) is 17.0 Å². The van der Waals surface area contributed by atoms with Crippen LogP contribution in [-0.4, -0.2) is 13.4 Å². The molecule has 0 spiro atoms. The largest absolute Gasteiger partial charge is 0.368 e. The first-order chi connectivity index (χ1) is 8.65. The van der Waals surface area contributed by atoms with Crippen molar-refractivity contribution >= 4 is 22.0 Å². The van der Waals surface area contributed by atoms with Crippen molar-refractivity contribution < 1.29 is 8.42 Å². The molecule has 0 unspecified atom stereocenters. The summed E-state index contributed by atoms with van der Waals surface area (Å²) in [5, 5.41) is 3.21. The van der Waals surface area contributed by atoms with Gasteiger partial charge in [0.05, 0.1) is 5.69 Å². The van der Waals surface area contributed by atoms with Crippen LogP contribution in [0.5, 0.6) is 0 Å². The van der Waals surface area contributed by atoms with E-state index in [2.05, 4.69) is 14.7 Å². The van der Waals surface area contributed by atoms with Crippen LogP contribution >= 0.6 is 0 Å². The molecule has 0 radical (unpaired) electrons. The van der Waals surface area contributed by atoms with Crippen LogP contribution in [0.1, 0.15) is 11.1 Å². The van der Waals surface area contributed by atoms with Crippen LogP contribution in [0, 0.1) is 6.92 Å². The maximum atomic E-state index is 10.5. The van der Waals surface area contributed by atoms with Gasteiger partial charge in [-0.05, 0) is 42.3 Å². The Hall–Kier alpha value is -2.08. The molecule has 0 aliphatic rings. The lowest BCUT2D eigenvalue weighted by Gasteiger charge is -2.08. The summed E-state index contributed by atoms with van der Waals surface area (Å²) in [7, 11) is -2.42.